The van der Waals surface area contributed by atoms with Crippen LogP contribution in [-0.4, -0.2) is 28.3 Å². The van der Waals surface area contributed by atoms with Crippen LogP contribution >= 0.6 is 11.6 Å². The maximum atomic E-state index is 13.7. The quantitative estimate of drug-likeness (QED) is 0.348. The highest BCUT2D eigenvalue weighted by Gasteiger charge is 2.32. The number of hydrogen-bond acceptors (Lipinski definition) is 2. The lowest BCUT2D eigenvalue weighted by atomic mass is 9.99. The van der Waals surface area contributed by atoms with Gasteiger partial charge in [-0.3, -0.25) is 9.59 Å². The number of nitrogens with zero attached hydrogens (tertiary/aromatic N) is 1. The van der Waals surface area contributed by atoms with Crippen molar-refractivity contribution >= 4 is 23.4 Å². The van der Waals surface area contributed by atoms with Crippen molar-refractivity contribution in [1.82, 2.24) is 10.2 Å². The fourth-order valence-electron chi connectivity index (χ4n) is 4.13. The number of benzene rings is 3. The van der Waals surface area contributed by atoms with E-state index in [1.54, 1.807) is 4.90 Å². The van der Waals surface area contributed by atoms with E-state index in [4.69, 9.17) is 11.6 Å². The maximum absolute atomic E-state index is 13.7. The first kappa shape index (κ1) is 27.5. The van der Waals surface area contributed by atoms with E-state index in [0.717, 1.165) is 23.1 Å². The fraction of sp³-hybridized carbons (Fsp3) is 0.355. The molecule has 3 rings (SSSR count). The summed E-state index contributed by atoms with van der Waals surface area (Å²) < 4.78 is 0. The van der Waals surface area contributed by atoms with Crippen LogP contribution in [0.5, 0.6) is 0 Å². The highest BCUT2D eigenvalue weighted by molar-refractivity contribution is 6.30. The standard InChI is InChI=1S/C31H37ClN2O2/c1-5-23-11-13-24(14-12-23)17-20-29(35)34(22-26-15-18-27(32)19-16-26)28(30(36)33-31(2,3)4)21-25-9-7-6-8-10-25/h6-16,18-19,28H,5,17,20-22H2,1-4H3,(H,33,36)/t28-/m1/s1. The Balaban J connectivity index is 1.90. The highest BCUT2D eigenvalue weighted by atomic mass is 35.5. The van der Waals surface area contributed by atoms with Crippen LogP contribution in [0.2, 0.25) is 5.02 Å². The van der Waals surface area contributed by atoms with Gasteiger partial charge in [0, 0.05) is 29.9 Å². The summed E-state index contributed by atoms with van der Waals surface area (Å²) >= 11 is 6.10. The van der Waals surface area contributed by atoms with Crippen molar-refractivity contribution in [1.29, 1.82) is 0 Å². The number of aryl methyl sites for hydroxylation is 2. The second kappa shape index (κ2) is 12.7. The molecule has 0 aliphatic heterocycles. The number of carbonyl (C=O) groups excluding carboxylic acids is 2. The number of carbonyl (C=O) groups is 2. The first-order valence-corrected chi connectivity index (χ1v) is 13.0. The van der Waals surface area contributed by atoms with Crippen molar-refractivity contribution < 1.29 is 9.59 Å². The molecule has 0 aliphatic rings. The topological polar surface area (TPSA) is 49.4 Å². The molecule has 0 fully saturated rings. The van der Waals surface area contributed by atoms with Crippen LogP contribution < -0.4 is 5.32 Å². The fourth-order valence-corrected chi connectivity index (χ4v) is 4.26. The number of amides is 2. The van der Waals surface area contributed by atoms with E-state index >= 15 is 0 Å². The van der Waals surface area contributed by atoms with Gasteiger partial charge in [0.05, 0.1) is 0 Å². The summed E-state index contributed by atoms with van der Waals surface area (Å²) in [6.07, 6.45) is 2.37. The van der Waals surface area contributed by atoms with Crippen molar-refractivity contribution in [3.05, 3.63) is 106 Å². The molecule has 0 aliphatic carbocycles. The average molecular weight is 505 g/mol. The minimum Gasteiger partial charge on any atom is -0.350 e. The summed E-state index contributed by atoms with van der Waals surface area (Å²) in [6, 6.07) is 25.1. The maximum Gasteiger partial charge on any atom is 0.243 e. The Morgan fingerprint density at radius 1 is 0.833 bits per heavy atom. The zero-order chi connectivity index (χ0) is 26.1. The molecule has 2 amide bonds. The molecule has 3 aromatic carbocycles. The van der Waals surface area contributed by atoms with Gasteiger partial charge < -0.3 is 10.2 Å². The lowest BCUT2D eigenvalue weighted by Gasteiger charge is -2.34. The van der Waals surface area contributed by atoms with Crippen LogP contribution in [0.25, 0.3) is 0 Å². The van der Waals surface area contributed by atoms with E-state index in [-0.39, 0.29) is 11.8 Å². The van der Waals surface area contributed by atoms with Gasteiger partial charge in [-0.05, 0) is 68.0 Å². The molecular formula is C31H37ClN2O2. The van der Waals surface area contributed by atoms with E-state index in [9.17, 15) is 9.59 Å². The molecule has 5 heteroatoms. The minimum atomic E-state index is -0.641. The number of hydrogen-bond donors (Lipinski definition) is 1. The van der Waals surface area contributed by atoms with Gasteiger partial charge in [0.25, 0.3) is 0 Å². The Hall–Kier alpha value is -3.11. The van der Waals surface area contributed by atoms with Gasteiger partial charge in [-0.1, -0.05) is 85.3 Å². The molecule has 0 radical (unpaired) electrons. The summed E-state index contributed by atoms with van der Waals surface area (Å²) in [5, 5.41) is 3.74. The molecule has 0 bridgehead atoms. The molecule has 190 valence electrons. The zero-order valence-electron chi connectivity index (χ0n) is 21.8. The Labute approximate surface area is 220 Å². The number of halogens is 1. The van der Waals surface area contributed by atoms with E-state index in [1.807, 2.05) is 75.4 Å². The van der Waals surface area contributed by atoms with Gasteiger partial charge >= 0.3 is 0 Å². The third-order valence-electron chi connectivity index (χ3n) is 6.09. The summed E-state index contributed by atoms with van der Waals surface area (Å²) in [5.74, 6) is -0.199. The normalized spacial score (nSPS) is 12.1. The van der Waals surface area contributed by atoms with Crippen LogP contribution in [0.3, 0.4) is 0 Å². The van der Waals surface area contributed by atoms with Gasteiger partial charge in [0.2, 0.25) is 11.8 Å². The van der Waals surface area contributed by atoms with E-state index in [2.05, 4.69) is 36.5 Å². The van der Waals surface area contributed by atoms with Crippen molar-refractivity contribution in [2.75, 3.05) is 0 Å². The Kier molecular flexibility index (Phi) is 9.72. The molecule has 0 saturated carbocycles. The molecule has 0 unspecified atom stereocenters. The Morgan fingerprint density at radius 3 is 2.00 bits per heavy atom. The summed E-state index contributed by atoms with van der Waals surface area (Å²) in [5.41, 5.74) is 3.92. The van der Waals surface area contributed by atoms with Crippen LogP contribution in [-0.2, 0) is 35.4 Å². The summed E-state index contributed by atoms with van der Waals surface area (Å²) in [7, 11) is 0. The van der Waals surface area contributed by atoms with Crippen LogP contribution in [0.15, 0.2) is 78.9 Å². The van der Waals surface area contributed by atoms with E-state index in [1.165, 1.54) is 5.56 Å². The predicted octanol–water partition coefficient (Wildman–Crippen LogP) is 6.39. The molecular weight excluding hydrogens is 468 g/mol. The average Bonchev–Trinajstić information content (AvgIpc) is 2.85. The van der Waals surface area contributed by atoms with Crippen molar-refractivity contribution in [2.45, 2.75) is 71.5 Å². The second-order valence-electron chi connectivity index (χ2n) is 10.3. The van der Waals surface area contributed by atoms with Crippen LogP contribution in [0.4, 0.5) is 0 Å². The monoisotopic (exact) mass is 504 g/mol. The van der Waals surface area contributed by atoms with Crippen LogP contribution in [0.1, 0.15) is 56.4 Å². The van der Waals surface area contributed by atoms with Gasteiger partial charge in [-0.25, -0.2) is 0 Å². The van der Waals surface area contributed by atoms with E-state index in [0.29, 0.717) is 30.8 Å². The summed E-state index contributed by atoms with van der Waals surface area (Å²) in [6.45, 7) is 8.32. The Morgan fingerprint density at radius 2 is 1.42 bits per heavy atom. The molecule has 1 N–H and O–H groups in total. The summed E-state index contributed by atoms with van der Waals surface area (Å²) in [4.78, 5) is 29.0. The Bertz CT molecular complexity index is 1120. The molecule has 36 heavy (non-hydrogen) atoms. The predicted molar refractivity (Wildman–Crippen MR) is 148 cm³/mol. The molecule has 1 atom stereocenters. The van der Waals surface area contributed by atoms with Crippen molar-refractivity contribution in [2.24, 2.45) is 0 Å². The molecule has 3 aromatic rings. The smallest absolute Gasteiger partial charge is 0.243 e. The number of nitrogens with one attached hydrogen (secondary N) is 1. The number of rotatable bonds is 10. The highest BCUT2D eigenvalue weighted by Crippen LogP contribution is 2.19. The molecule has 0 aromatic heterocycles. The first-order chi connectivity index (χ1) is 17.1. The molecule has 0 heterocycles. The van der Waals surface area contributed by atoms with Gasteiger partial charge in [-0.15, -0.1) is 0 Å². The molecule has 4 nitrogen and oxygen atoms in total. The van der Waals surface area contributed by atoms with Crippen molar-refractivity contribution in [3.63, 3.8) is 0 Å². The SMILES string of the molecule is CCc1ccc(CCC(=O)N(Cc2ccc(Cl)cc2)[C@H](Cc2ccccc2)C(=O)NC(C)(C)C)cc1. The lowest BCUT2D eigenvalue weighted by Crippen LogP contribution is -2.54. The van der Waals surface area contributed by atoms with Gasteiger partial charge in [0.1, 0.15) is 6.04 Å². The zero-order valence-corrected chi connectivity index (χ0v) is 22.5. The first-order valence-electron chi connectivity index (χ1n) is 12.6. The molecule has 0 saturated heterocycles. The van der Waals surface area contributed by atoms with E-state index < -0.39 is 11.6 Å². The second-order valence-corrected chi connectivity index (χ2v) is 10.7. The molecule has 0 spiro atoms. The van der Waals surface area contributed by atoms with Gasteiger partial charge in [-0.2, -0.15) is 0 Å². The van der Waals surface area contributed by atoms with Crippen LogP contribution in [0, 0.1) is 0 Å². The van der Waals surface area contributed by atoms with Gasteiger partial charge in [0.15, 0.2) is 0 Å². The lowest BCUT2D eigenvalue weighted by molar-refractivity contribution is -0.141. The third-order valence-corrected chi connectivity index (χ3v) is 6.35. The minimum absolute atomic E-state index is 0.0468. The largest absolute Gasteiger partial charge is 0.350 e. The van der Waals surface area contributed by atoms with Crippen molar-refractivity contribution in [3.8, 4) is 0 Å². The third kappa shape index (κ3) is 8.53.